The first-order chi connectivity index (χ1) is 21.3. The van der Waals surface area contributed by atoms with Crippen LogP contribution in [0.25, 0.3) is 11.2 Å². The van der Waals surface area contributed by atoms with Gasteiger partial charge in [-0.05, 0) is 11.8 Å². The second kappa shape index (κ2) is 11.2. The molecule has 45 heavy (non-hydrogen) atoms. The van der Waals surface area contributed by atoms with Gasteiger partial charge in [0.25, 0.3) is 0 Å². The SMILES string of the molecule is NC1=NC(N)c2ncn([C@@H]3O[C@@H]4COP(O)(=S)O[C@H]5[C@@H](O)[C@H](n6cnc7c(N)ncnc76)O[C@@H]5COP(=O)(O)O[C@@H]3[C@@H]4O)c2N1. The number of ether oxygens (including phenoxy) is 2. The molecule has 4 aliphatic heterocycles. The lowest BCUT2D eigenvalue weighted by atomic mass is 10.1. The van der Waals surface area contributed by atoms with Crippen molar-refractivity contribution in [1.82, 2.24) is 29.1 Å². The first kappa shape index (κ1) is 30.9. The van der Waals surface area contributed by atoms with Gasteiger partial charge in [-0.2, -0.15) is 0 Å². The summed E-state index contributed by atoms with van der Waals surface area (Å²) >= 11 is 5.20. The summed E-state index contributed by atoms with van der Waals surface area (Å²) in [4.78, 5) is 42.1. The number of anilines is 2. The molecular weight excluding hydrogens is 664 g/mol. The van der Waals surface area contributed by atoms with E-state index in [1.807, 2.05) is 0 Å². The Morgan fingerprint density at radius 1 is 0.933 bits per heavy atom. The maximum absolute atomic E-state index is 13.3. The highest BCUT2D eigenvalue weighted by Crippen LogP contribution is 2.54. The zero-order chi connectivity index (χ0) is 31.8. The molecule has 11 N–H and O–H groups in total. The van der Waals surface area contributed by atoms with Crippen molar-refractivity contribution in [3.8, 4) is 0 Å². The van der Waals surface area contributed by atoms with E-state index in [0.29, 0.717) is 0 Å². The molecule has 0 aliphatic carbocycles. The van der Waals surface area contributed by atoms with Crippen molar-refractivity contribution in [2.45, 2.75) is 55.2 Å². The summed E-state index contributed by atoms with van der Waals surface area (Å²) in [5.41, 5.74) is 18.4. The van der Waals surface area contributed by atoms with Gasteiger partial charge in [0, 0.05) is 0 Å². The number of aromatic nitrogens is 6. The van der Waals surface area contributed by atoms with Crippen LogP contribution < -0.4 is 22.5 Å². The maximum Gasteiger partial charge on any atom is 0.472 e. The van der Waals surface area contributed by atoms with E-state index in [-0.39, 0.29) is 34.5 Å². The van der Waals surface area contributed by atoms with Crippen LogP contribution in [-0.4, -0.2) is 105 Å². The van der Waals surface area contributed by atoms with Crippen LogP contribution in [0.2, 0.25) is 0 Å². The Balaban J connectivity index is 1.19. The van der Waals surface area contributed by atoms with E-state index >= 15 is 0 Å². The van der Waals surface area contributed by atoms with E-state index in [1.165, 1.54) is 28.1 Å². The molecule has 2 bridgehead atoms. The number of guanidine groups is 1. The normalized spacial score (nSPS) is 40.5. The van der Waals surface area contributed by atoms with Gasteiger partial charge in [-0.3, -0.25) is 22.7 Å². The molecule has 25 heteroatoms. The monoisotopic (exact) mass is 691 g/mol. The Morgan fingerprint density at radius 2 is 1.67 bits per heavy atom. The third kappa shape index (κ3) is 5.53. The highest BCUT2D eigenvalue weighted by atomic mass is 32.5. The number of hydrogen-bond donors (Lipinski definition) is 8. The van der Waals surface area contributed by atoms with Gasteiger partial charge >= 0.3 is 14.5 Å². The summed E-state index contributed by atoms with van der Waals surface area (Å²) in [5, 5.41) is 25.1. The molecule has 0 aromatic carbocycles. The maximum atomic E-state index is 13.3. The largest absolute Gasteiger partial charge is 0.472 e. The summed E-state index contributed by atoms with van der Waals surface area (Å²) in [6.45, 7) is -5.48. The Bertz CT molecular complexity index is 1760. The Morgan fingerprint density at radius 3 is 2.47 bits per heavy atom. The molecule has 3 unspecified atom stereocenters. The van der Waals surface area contributed by atoms with Crippen molar-refractivity contribution in [2.75, 3.05) is 24.3 Å². The van der Waals surface area contributed by atoms with Gasteiger partial charge in [-0.25, -0.2) is 29.5 Å². The average Bonchev–Trinajstić information content (AvgIpc) is 3.72. The van der Waals surface area contributed by atoms with Crippen LogP contribution in [0.15, 0.2) is 24.0 Å². The lowest BCUT2D eigenvalue weighted by molar-refractivity contribution is -0.0651. The Hall–Kier alpha value is -2.73. The molecule has 11 atom stereocenters. The number of nitrogen functional groups attached to an aromatic ring is 1. The first-order valence-corrected chi connectivity index (χ1v) is 17.2. The fourth-order valence-corrected chi connectivity index (χ4v) is 7.82. The minimum Gasteiger partial charge on any atom is -0.387 e. The third-order valence-corrected chi connectivity index (χ3v) is 10.0. The number of aliphatic hydroxyl groups is 2. The number of nitrogens with zero attached hydrogens (tertiary/aromatic N) is 7. The van der Waals surface area contributed by atoms with Crippen molar-refractivity contribution in [2.24, 2.45) is 16.5 Å². The van der Waals surface area contributed by atoms with E-state index in [0.717, 1.165) is 0 Å². The smallest absolute Gasteiger partial charge is 0.387 e. The van der Waals surface area contributed by atoms with Gasteiger partial charge in [-0.1, -0.05) is 0 Å². The summed E-state index contributed by atoms with van der Waals surface area (Å²) < 4.78 is 49.7. The summed E-state index contributed by atoms with van der Waals surface area (Å²) in [6, 6.07) is 0. The van der Waals surface area contributed by atoms with Gasteiger partial charge in [0.1, 0.15) is 66.1 Å². The van der Waals surface area contributed by atoms with E-state index in [1.54, 1.807) is 0 Å². The van der Waals surface area contributed by atoms with E-state index in [2.05, 4.69) is 30.2 Å². The van der Waals surface area contributed by atoms with Gasteiger partial charge < -0.3 is 56.5 Å². The molecule has 22 nitrogen and oxygen atoms in total. The lowest BCUT2D eigenvalue weighted by Gasteiger charge is -2.27. The van der Waals surface area contributed by atoms with E-state index in [9.17, 15) is 24.6 Å². The number of aliphatic hydroxyl groups excluding tert-OH is 2. The number of imidazole rings is 2. The van der Waals surface area contributed by atoms with E-state index < -0.39 is 83.0 Å². The van der Waals surface area contributed by atoms with Crippen LogP contribution in [0.4, 0.5) is 11.6 Å². The second-order valence-corrected chi connectivity index (χ2v) is 14.5. The van der Waals surface area contributed by atoms with Gasteiger partial charge in [0.2, 0.25) is 0 Å². The number of fused-ring (bicyclic) bond motifs is 5. The molecule has 244 valence electrons. The van der Waals surface area contributed by atoms with Gasteiger partial charge in [0.05, 0.1) is 25.9 Å². The molecule has 3 saturated heterocycles. The molecule has 7 rings (SSSR count). The number of phosphoric ester groups is 1. The number of phosphoric acid groups is 1. The lowest BCUT2D eigenvalue weighted by Crippen LogP contribution is -2.36. The van der Waals surface area contributed by atoms with Gasteiger partial charge in [0.15, 0.2) is 29.9 Å². The summed E-state index contributed by atoms with van der Waals surface area (Å²) in [7, 11) is -5.02. The highest BCUT2D eigenvalue weighted by molar-refractivity contribution is 8.07. The highest BCUT2D eigenvalue weighted by Gasteiger charge is 2.53. The number of hydrogen-bond acceptors (Lipinski definition) is 19. The molecule has 3 fully saturated rings. The molecule has 0 amide bonds. The first-order valence-electron chi connectivity index (χ1n) is 13.2. The topological polar surface area (TPSA) is 317 Å². The standard InChI is InChI=1S/C20H27N11O11P2S/c21-14-8-16(25-3-24-14)30(4-26-8)18-11(33)12-7(40-18)2-37-43(34,35)41-13-10(32)6(1-38-44(36,45)42-12)39-19(13)31-5-27-9-15(22)28-20(23)29-17(9)31/h3-7,10-13,15,18-19,32-33H,1-2,22H2,(H,34,35)(H,36,45)(H2,21,24,25)(H3,23,28,29)/t6-,7-,10-,11-,12-,13-,15?,18-,19-,44?/m1/s1. The fourth-order valence-electron chi connectivity index (χ4n) is 5.45. The second-order valence-electron chi connectivity index (χ2n) is 10.3. The Labute approximate surface area is 256 Å². The van der Waals surface area contributed by atoms with Crippen molar-refractivity contribution < 1.29 is 52.1 Å². The molecule has 7 heterocycles. The Kier molecular flexibility index (Phi) is 7.70. The van der Waals surface area contributed by atoms with Crippen LogP contribution in [0.3, 0.4) is 0 Å². The zero-order valence-corrected chi connectivity index (χ0v) is 25.3. The van der Waals surface area contributed by atoms with Crippen molar-refractivity contribution >= 4 is 55.1 Å². The molecule has 0 saturated carbocycles. The minimum absolute atomic E-state index is 0.0321. The van der Waals surface area contributed by atoms with Crippen LogP contribution in [-0.2, 0) is 43.9 Å². The number of nitrogens with one attached hydrogen (secondary N) is 1. The predicted molar refractivity (Wildman–Crippen MR) is 152 cm³/mol. The van der Waals surface area contributed by atoms with Crippen molar-refractivity contribution in [3.63, 3.8) is 0 Å². The van der Waals surface area contributed by atoms with Crippen LogP contribution in [0.1, 0.15) is 24.3 Å². The summed E-state index contributed by atoms with van der Waals surface area (Å²) in [6.07, 6.45) is -8.50. The minimum atomic E-state index is -5.02. The summed E-state index contributed by atoms with van der Waals surface area (Å²) in [5.74, 6) is 0.277. The van der Waals surface area contributed by atoms with E-state index in [4.69, 9.17) is 56.6 Å². The van der Waals surface area contributed by atoms with Crippen molar-refractivity contribution in [1.29, 1.82) is 0 Å². The fraction of sp³-hybridized carbons (Fsp3) is 0.550. The van der Waals surface area contributed by atoms with Crippen LogP contribution in [0.5, 0.6) is 0 Å². The van der Waals surface area contributed by atoms with Crippen LogP contribution >= 0.6 is 14.5 Å². The quantitative estimate of drug-likeness (QED) is 0.130. The number of rotatable bonds is 2. The molecular formula is C20H27N11O11P2S. The molecule has 3 aromatic rings. The number of nitrogens with two attached hydrogens (primary N) is 3. The molecule has 4 aliphatic rings. The number of aliphatic imine (C=N–C) groups is 1. The zero-order valence-electron chi connectivity index (χ0n) is 22.7. The molecule has 0 radical (unpaired) electrons. The molecule has 0 spiro atoms. The third-order valence-electron chi connectivity index (χ3n) is 7.50. The predicted octanol–water partition coefficient (Wildman–Crippen LogP) is -2.35. The van der Waals surface area contributed by atoms with Gasteiger partial charge in [-0.15, -0.1) is 0 Å². The molecule has 3 aromatic heterocycles. The van der Waals surface area contributed by atoms with Crippen LogP contribution in [0, 0.1) is 0 Å². The average molecular weight is 692 g/mol. The van der Waals surface area contributed by atoms with Crippen molar-refractivity contribution in [3.05, 3.63) is 24.7 Å².